The summed E-state index contributed by atoms with van der Waals surface area (Å²) in [7, 11) is 0. The fraction of sp³-hybridized carbons (Fsp3) is 0.167. The van der Waals surface area contributed by atoms with Crippen LogP contribution in [0, 0.1) is 12.1 Å². The van der Waals surface area contributed by atoms with Crippen LogP contribution in [0.1, 0.15) is 30.4 Å². The summed E-state index contributed by atoms with van der Waals surface area (Å²) in [6.45, 7) is 2.21. The molecule has 0 saturated heterocycles. The molecule has 41 heavy (non-hydrogen) atoms. The third-order valence-corrected chi connectivity index (χ3v) is 11.8. The molecule has 1 radical (unpaired) electrons. The molecule has 0 N–H and O–H groups in total. The Morgan fingerprint density at radius 2 is 1.59 bits per heavy atom. The molecule has 0 bridgehead atoms. The van der Waals surface area contributed by atoms with Crippen molar-refractivity contribution in [1.29, 1.82) is 0 Å². The maximum atomic E-state index is 6.18. The topological polar surface area (TPSA) is 38.4 Å². The molecule has 0 fully saturated rings. The molecule has 7 rings (SSSR count). The fourth-order valence-corrected chi connectivity index (χ4v) is 7.48. The first-order valence-corrected chi connectivity index (χ1v) is 21.2. The van der Waals surface area contributed by atoms with Gasteiger partial charge in [-0.25, -0.2) is 0 Å². The van der Waals surface area contributed by atoms with Crippen LogP contribution in [-0.2, 0) is 20.1 Å². The molecule has 5 heteroatoms. The van der Waals surface area contributed by atoms with Gasteiger partial charge < -0.3 is 9.41 Å². The average molecular weight is 773 g/mol. The van der Waals surface area contributed by atoms with E-state index >= 15 is 0 Å². The number of hydrogen-bond donors (Lipinski definition) is 0. The van der Waals surface area contributed by atoms with E-state index in [0.717, 1.165) is 56.6 Å². The van der Waals surface area contributed by atoms with Gasteiger partial charge in [-0.05, 0) is 29.3 Å². The minimum Gasteiger partial charge on any atom is 0 e. The summed E-state index contributed by atoms with van der Waals surface area (Å²) < 4.78 is 7.62. The van der Waals surface area contributed by atoms with Crippen LogP contribution in [0.4, 0.5) is 5.69 Å². The molecule has 0 amide bonds. The maximum Gasteiger partial charge on any atom is 0 e. The zero-order valence-corrected chi connectivity index (χ0v) is 28.2. The fourth-order valence-electron chi connectivity index (χ4n) is 5.31. The SMILES string of the molecule is CCC1C(c2[c-]ccc3c2oc2ccccc23)=Nc2ccccc21.[CH3][Ge]([CH3])([CH3])[c]1ccc(-c2[c-]cccc2)nc1.[Ir]. The molecule has 2 aromatic heterocycles. The van der Waals surface area contributed by atoms with Gasteiger partial charge in [-0.15, -0.1) is 18.2 Å². The van der Waals surface area contributed by atoms with Gasteiger partial charge in [0, 0.05) is 25.5 Å². The third-order valence-electron chi connectivity index (χ3n) is 7.50. The van der Waals surface area contributed by atoms with Crippen molar-refractivity contribution in [1.82, 2.24) is 4.98 Å². The summed E-state index contributed by atoms with van der Waals surface area (Å²) in [6.07, 6.45) is 3.05. The Balaban J connectivity index is 0.000000175. The van der Waals surface area contributed by atoms with Crippen molar-refractivity contribution >= 4 is 51.0 Å². The first-order chi connectivity index (χ1) is 19.4. The number of benzene rings is 4. The average Bonchev–Trinajstić information content (AvgIpc) is 3.56. The number of fused-ring (bicyclic) bond motifs is 4. The minimum absolute atomic E-state index is 0. The molecular weight excluding hydrogens is 741 g/mol. The van der Waals surface area contributed by atoms with E-state index in [9.17, 15) is 0 Å². The van der Waals surface area contributed by atoms with Crippen molar-refractivity contribution in [3.8, 4) is 11.3 Å². The van der Waals surface area contributed by atoms with Crippen LogP contribution in [0.15, 0.2) is 113 Å². The summed E-state index contributed by atoms with van der Waals surface area (Å²) in [5, 5.41) is 2.28. The predicted molar refractivity (Wildman–Crippen MR) is 170 cm³/mol. The monoisotopic (exact) mass is 775 g/mol. The van der Waals surface area contributed by atoms with E-state index < -0.39 is 13.3 Å². The molecule has 0 aliphatic carbocycles. The smallest absolute Gasteiger partial charge is 0 e. The number of hydrogen-bond acceptors (Lipinski definition) is 3. The molecule has 0 spiro atoms. The second-order valence-electron chi connectivity index (χ2n) is 11.2. The number of furan rings is 1. The van der Waals surface area contributed by atoms with Gasteiger partial charge in [0.1, 0.15) is 5.58 Å². The van der Waals surface area contributed by atoms with Gasteiger partial charge in [0.25, 0.3) is 0 Å². The number of para-hydroxylation sites is 2. The second-order valence-corrected chi connectivity index (χ2v) is 21.8. The van der Waals surface area contributed by atoms with E-state index in [1.54, 1.807) is 0 Å². The Morgan fingerprint density at radius 1 is 0.805 bits per heavy atom. The van der Waals surface area contributed by atoms with E-state index in [1.165, 1.54) is 9.96 Å². The van der Waals surface area contributed by atoms with Crippen LogP contribution in [0.25, 0.3) is 33.2 Å². The van der Waals surface area contributed by atoms with Crippen molar-refractivity contribution in [2.45, 2.75) is 36.5 Å². The van der Waals surface area contributed by atoms with Crippen molar-refractivity contribution in [3.05, 3.63) is 127 Å². The summed E-state index contributed by atoms with van der Waals surface area (Å²) in [6, 6.07) is 39.5. The summed E-state index contributed by atoms with van der Waals surface area (Å²) in [5.41, 5.74) is 8.32. The zero-order chi connectivity index (χ0) is 27.7. The van der Waals surface area contributed by atoms with Gasteiger partial charge in [-0.1, -0.05) is 60.7 Å². The van der Waals surface area contributed by atoms with Crippen molar-refractivity contribution in [2.24, 2.45) is 4.99 Å². The summed E-state index contributed by atoms with van der Waals surface area (Å²) >= 11 is -1.72. The first-order valence-electron chi connectivity index (χ1n) is 13.9. The van der Waals surface area contributed by atoms with Crippen LogP contribution in [0.2, 0.25) is 17.3 Å². The number of nitrogens with zero attached hydrogens (tertiary/aromatic N) is 2. The molecule has 1 aliphatic heterocycles. The minimum atomic E-state index is -1.72. The van der Waals surface area contributed by atoms with Crippen LogP contribution in [-0.4, -0.2) is 24.0 Å². The summed E-state index contributed by atoms with van der Waals surface area (Å²) in [4.78, 5) is 9.45. The predicted octanol–water partition coefficient (Wildman–Crippen LogP) is 9.11. The standard InChI is InChI=1S/C22H16NO.C14H16GeN.Ir/c1-2-14-15-8-3-5-12-19(15)23-21(14)18-11-7-10-17-16-9-4-6-13-20(16)24-22(17)18;1-15(2,3)13-9-10-14(16-11-13)12-7-5-4-6-8-12;/h3-10,12-14H,2H2,1H3;4-7,9-11H,1-3H3;/q2*-1;. The largest absolute Gasteiger partial charge is 0 e. The van der Waals surface area contributed by atoms with Gasteiger partial charge in [0.05, 0.1) is 11.3 Å². The zero-order valence-electron chi connectivity index (χ0n) is 23.7. The van der Waals surface area contributed by atoms with E-state index in [1.807, 2.05) is 60.8 Å². The van der Waals surface area contributed by atoms with Crippen molar-refractivity contribution < 1.29 is 24.5 Å². The molecule has 1 atom stereocenters. The number of pyridine rings is 1. The molecule has 1 aliphatic rings. The van der Waals surface area contributed by atoms with E-state index in [0.29, 0.717) is 5.92 Å². The van der Waals surface area contributed by atoms with E-state index in [-0.39, 0.29) is 20.1 Å². The molecular formula is C36H32GeIrN2O-2. The number of rotatable bonds is 4. The van der Waals surface area contributed by atoms with Gasteiger partial charge in [0.15, 0.2) is 0 Å². The summed E-state index contributed by atoms with van der Waals surface area (Å²) in [5.74, 6) is 7.44. The Morgan fingerprint density at radius 3 is 2.32 bits per heavy atom. The van der Waals surface area contributed by atoms with Crippen LogP contribution >= 0.6 is 0 Å². The molecule has 0 saturated carbocycles. The Kier molecular flexibility index (Phi) is 8.75. The van der Waals surface area contributed by atoms with Crippen molar-refractivity contribution in [2.75, 3.05) is 0 Å². The van der Waals surface area contributed by atoms with E-state index in [4.69, 9.17) is 9.41 Å². The quantitative estimate of drug-likeness (QED) is 0.133. The molecule has 3 nitrogen and oxygen atoms in total. The van der Waals surface area contributed by atoms with Gasteiger partial charge in [0.2, 0.25) is 0 Å². The Bertz CT molecular complexity index is 1820. The van der Waals surface area contributed by atoms with Gasteiger partial charge in [-0.3, -0.25) is 0 Å². The van der Waals surface area contributed by atoms with Crippen molar-refractivity contribution in [3.63, 3.8) is 0 Å². The van der Waals surface area contributed by atoms with E-state index in [2.05, 4.69) is 83.8 Å². The van der Waals surface area contributed by atoms with Gasteiger partial charge in [-0.2, -0.15) is 0 Å². The molecule has 3 heterocycles. The van der Waals surface area contributed by atoms with Crippen LogP contribution in [0.3, 0.4) is 0 Å². The Labute approximate surface area is 258 Å². The molecule has 4 aromatic carbocycles. The maximum absolute atomic E-state index is 6.18. The normalized spacial score (nSPS) is 14.1. The van der Waals surface area contributed by atoms with Crippen LogP contribution < -0.4 is 4.40 Å². The van der Waals surface area contributed by atoms with Gasteiger partial charge >= 0.3 is 99.8 Å². The third kappa shape index (κ3) is 5.88. The second kappa shape index (κ2) is 12.3. The van der Waals surface area contributed by atoms with Crippen LogP contribution in [0.5, 0.6) is 0 Å². The molecule has 207 valence electrons. The number of aliphatic imine (C=N–C) groups is 1. The molecule has 1 unspecified atom stereocenters. The first kappa shape index (κ1) is 29.2. The Hall–Kier alpha value is -3.31. The number of aromatic nitrogens is 1. The molecule has 6 aromatic rings.